The van der Waals surface area contributed by atoms with Crippen molar-refractivity contribution in [3.8, 4) is 6.07 Å². The molecule has 2 aromatic heterocycles. The molecule has 33 heavy (non-hydrogen) atoms. The van der Waals surface area contributed by atoms with Gasteiger partial charge in [-0.15, -0.1) is 0 Å². The number of hydrogen-bond acceptors (Lipinski definition) is 10. The lowest BCUT2D eigenvalue weighted by molar-refractivity contribution is -0.205. The Balaban J connectivity index is 1.73. The Bertz CT molecular complexity index is 1110. The van der Waals surface area contributed by atoms with E-state index in [1.54, 1.807) is 37.2 Å². The van der Waals surface area contributed by atoms with Gasteiger partial charge in [0.25, 0.3) is 0 Å². The molecule has 12 nitrogen and oxygen atoms in total. The molecule has 176 valence electrons. The second kappa shape index (κ2) is 8.75. The normalized spacial score (nSPS) is 28.1. The molecule has 0 spiro atoms. The SMILES string of the molecule is CN(C)/C=N\c1ncnn2c([C@]3(C#N)O[C@H](COC(=O)OCCl)[C@H]4OC(C)(C)O[C@H]43)ccc12. The van der Waals surface area contributed by atoms with Crippen molar-refractivity contribution in [1.82, 2.24) is 19.5 Å². The summed E-state index contributed by atoms with van der Waals surface area (Å²) in [5.41, 5.74) is -0.624. The van der Waals surface area contributed by atoms with Crippen molar-refractivity contribution in [1.29, 1.82) is 5.26 Å². The van der Waals surface area contributed by atoms with Crippen LogP contribution in [0.25, 0.3) is 5.52 Å². The summed E-state index contributed by atoms with van der Waals surface area (Å²) in [6.07, 6.45) is -0.324. The van der Waals surface area contributed by atoms with Gasteiger partial charge >= 0.3 is 6.16 Å². The van der Waals surface area contributed by atoms with Crippen LogP contribution in [0.4, 0.5) is 10.6 Å². The molecule has 4 heterocycles. The maximum absolute atomic E-state index is 11.6. The van der Waals surface area contributed by atoms with E-state index >= 15 is 0 Å². The number of hydrogen-bond donors (Lipinski definition) is 0. The number of ether oxygens (including phenoxy) is 5. The first-order chi connectivity index (χ1) is 15.7. The van der Waals surface area contributed by atoms with E-state index in [1.165, 1.54) is 10.8 Å². The van der Waals surface area contributed by atoms with E-state index in [1.807, 2.05) is 14.1 Å². The number of carbonyl (C=O) groups is 1. The zero-order chi connectivity index (χ0) is 23.8. The average Bonchev–Trinajstić information content (AvgIpc) is 3.41. The number of carbonyl (C=O) groups excluding carboxylic acids is 1. The van der Waals surface area contributed by atoms with Gasteiger partial charge in [-0.05, 0) is 26.0 Å². The number of aromatic nitrogens is 3. The van der Waals surface area contributed by atoms with Crippen molar-refractivity contribution in [2.45, 2.75) is 43.5 Å². The van der Waals surface area contributed by atoms with Crippen molar-refractivity contribution >= 4 is 35.4 Å². The van der Waals surface area contributed by atoms with Gasteiger partial charge in [-0.2, -0.15) is 10.4 Å². The van der Waals surface area contributed by atoms with Gasteiger partial charge < -0.3 is 28.6 Å². The molecule has 0 saturated carbocycles. The molecule has 4 rings (SSSR count). The molecule has 4 atom stereocenters. The summed E-state index contributed by atoms with van der Waals surface area (Å²) in [4.78, 5) is 22.0. The van der Waals surface area contributed by atoms with Crippen molar-refractivity contribution in [3.05, 3.63) is 24.2 Å². The highest BCUT2D eigenvalue weighted by atomic mass is 35.5. The predicted octanol–water partition coefficient (Wildman–Crippen LogP) is 1.94. The van der Waals surface area contributed by atoms with E-state index in [-0.39, 0.29) is 12.7 Å². The van der Waals surface area contributed by atoms with Crippen LogP contribution in [0.15, 0.2) is 23.5 Å². The lowest BCUT2D eigenvalue weighted by atomic mass is 9.92. The standard InChI is InChI=1S/C20H23ClN6O6/c1-19(2)32-15-13(7-29-18(28)30-9-21)31-20(8-22,16(15)33-19)14-6-5-12-17(24-11-26(3)4)23-10-25-27(12)14/h5-6,10-11,13,15-16H,7,9H2,1-4H3/b24-11-/t13-,15-,16-,20+/m1/s1. The van der Waals surface area contributed by atoms with Crippen LogP contribution in [0.3, 0.4) is 0 Å². The summed E-state index contributed by atoms with van der Waals surface area (Å²) in [5, 5.41) is 14.6. The minimum absolute atomic E-state index is 0.226. The number of nitriles is 1. The second-order valence-corrected chi connectivity index (χ2v) is 8.36. The number of fused-ring (bicyclic) bond motifs is 2. The highest BCUT2D eigenvalue weighted by Crippen LogP contribution is 2.49. The highest BCUT2D eigenvalue weighted by molar-refractivity contribution is 6.17. The molecule has 2 aliphatic rings. The maximum atomic E-state index is 11.6. The summed E-state index contributed by atoms with van der Waals surface area (Å²) in [6, 6.07) is 5.35. The van der Waals surface area contributed by atoms with E-state index in [0.29, 0.717) is 17.0 Å². The molecule has 0 amide bonds. The van der Waals surface area contributed by atoms with Crippen LogP contribution in [0.2, 0.25) is 0 Å². The van der Waals surface area contributed by atoms with E-state index in [9.17, 15) is 10.1 Å². The number of alkyl halides is 1. The van der Waals surface area contributed by atoms with E-state index < -0.39 is 35.9 Å². The molecule has 0 unspecified atom stereocenters. The van der Waals surface area contributed by atoms with E-state index in [0.717, 1.165) is 0 Å². The van der Waals surface area contributed by atoms with Gasteiger partial charge in [0.05, 0.1) is 12.0 Å². The van der Waals surface area contributed by atoms with E-state index in [2.05, 4.69) is 25.9 Å². The average molecular weight is 479 g/mol. The minimum Gasteiger partial charge on any atom is -0.431 e. The fourth-order valence-corrected chi connectivity index (χ4v) is 4.03. The molecule has 0 bridgehead atoms. The van der Waals surface area contributed by atoms with Crippen LogP contribution in [-0.2, 0) is 29.3 Å². The summed E-state index contributed by atoms with van der Waals surface area (Å²) >= 11 is 5.39. The second-order valence-electron chi connectivity index (χ2n) is 8.15. The molecular weight excluding hydrogens is 456 g/mol. The fourth-order valence-electron chi connectivity index (χ4n) is 3.94. The number of nitrogens with zero attached hydrogens (tertiary/aromatic N) is 6. The van der Waals surface area contributed by atoms with Crippen LogP contribution >= 0.6 is 11.6 Å². The Morgan fingerprint density at radius 2 is 2.15 bits per heavy atom. The first-order valence-corrected chi connectivity index (χ1v) is 10.6. The molecule has 0 N–H and O–H groups in total. The Kier molecular flexibility index (Phi) is 6.15. The fraction of sp³-hybridized carbons (Fsp3) is 0.550. The zero-order valence-corrected chi connectivity index (χ0v) is 19.2. The van der Waals surface area contributed by atoms with Crippen LogP contribution in [0.1, 0.15) is 19.5 Å². The van der Waals surface area contributed by atoms with Gasteiger partial charge in [-0.25, -0.2) is 19.3 Å². The summed E-state index contributed by atoms with van der Waals surface area (Å²) in [6.45, 7) is 3.25. The van der Waals surface area contributed by atoms with Gasteiger partial charge in [-0.3, -0.25) is 0 Å². The van der Waals surface area contributed by atoms with Crippen molar-refractivity contribution in [2.75, 3.05) is 26.8 Å². The molecule has 2 aliphatic heterocycles. The highest BCUT2D eigenvalue weighted by Gasteiger charge is 2.65. The van der Waals surface area contributed by atoms with Crippen molar-refractivity contribution in [2.24, 2.45) is 4.99 Å². The topological polar surface area (TPSA) is 133 Å². The number of halogens is 1. The van der Waals surface area contributed by atoms with Gasteiger partial charge in [0.15, 0.2) is 17.7 Å². The minimum atomic E-state index is -1.61. The molecule has 2 fully saturated rings. The maximum Gasteiger partial charge on any atom is 0.509 e. The monoisotopic (exact) mass is 478 g/mol. The van der Waals surface area contributed by atoms with Crippen LogP contribution in [0.5, 0.6) is 0 Å². The third kappa shape index (κ3) is 4.20. The Labute approximate surface area is 194 Å². The molecule has 2 aromatic rings. The molecule has 0 aromatic carbocycles. The molecule has 2 saturated heterocycles. The summed E-state index contributed by atoms with van der Waals surface area (Å²) in [7, 11) is 3.68. The quantitative estimate of drug-likeness (QED) is 0.262. The summed E-state index contributed by atoms with van der Waals surface area (Å²) < 4.78 is 29.5. The van der Waals surface area contributed by atoms with Gasteiger partial charge in [0, 0.05) is 14.1 Å². The number of rotatable bonds is 6. The number of aliphatic imine (C=N–C) groups is 1. The van der Waals surface area contributed by atoms with Crippen LogP contribution in [0, 0.1) is 11.3 Å². The smallest absolute Gasteiger partial charge is 0.431 e. The van der Waals surface area contributed by atoms with Crippen molar-refractivity contribution in [3.63, 3.8) is 0 Å². The van der Waals surface area contributed by atoms with Gasteiger partial charge in [0.2, 0.25) is 5.60 Å². The molecule has 0 radical (unpaired) electrons. The van der Waals surface area contributed by atoms with Crippen LogP contribution in [-0.4, -0.2) is 82.9 Å². The zero-order valence-electron chi connectivity index (χ0n) is 18.5. The molecular formula is C20H23ClN6O6. The van der Waals surface area contributed by atoms with Crippen LogP contribution < -0.4 is 0 Å². The first-order valence-electron chi connectivity index (χ1n) is 10.0. The largest absolute Gasteiger partial charge is 0.509 e. The Hall–Kier alpha value is -2.98. The summed E-state index contributed by atoms with van der Waals surface area (Å²) in [5.74, 6) is -0.570. The third-order valence-electron chi connectivity index (χ3n) is 5.16. The predicted molar refractivity (Wildman–Crippen MR) is 114 cm³/mol. The van der Waals surface area contributed by atoms with Gasteiger partial charge in [-0.1, -0.05) is 11.6 Å². The lowest BCUT2D eigenvalue weighted by Crippen LogP contribution is -2.40. The van der Waals surface area contributed by atoms with Crippen molar-refractivity contribution < 1.29 is 28.5 Å². The van der Waals surface area contributed by atoms with E-state index in [4.69, 9.17) is 30.5 Å². The molecule has 0 aliphatic carbocycles. The Morgan fingerprint density at radius 1 is 1.36 bits per heavy atom. The molecule has 13 heteroatoms. The third-order valence-corrected chi connectivity index (χ3v) is 5.27. The first kappa shape index (κ1) is 23.2. The Morgan fingerprint density at radius 3 is 2.85 bits per heavy atom. The lowest BCUT2D eigenvalue weighted by Gasteiger charge is -2.28. The van der Waals surface area contributed by atoms with Gasteiger partial charge in [0.1, 0.15) is 42.8 Å².